The highest BCUT2D eigenvalue weighted by Gasteiger charge is 2.13. The van der Waals surface area contributed by atoms with E-state index in [0.717, 1.165) is 22.3 Å². The Morgan fingerprint density at radius 1 is 1.20 bits per heavy atom. The summed E-state index contributed by atoms with van der Waals surface area (Å²) in [5.74, 6) is 0. The largest absolute Gasteiger partial charge is 0.472 e. The van der Waals surface area contributed by atoms with Crippen LogP contribution in [0.1, 0.15) is 28.4 Å². The van der Waals surface area contributed by atoms with Crippen LogP contribution in [0.15, 0.2) is 41.2 Å². The molecule has 0 aliphatic carbocycles. The maximum Gasteiger partial charge on any atom is 0.107 e. The molecule has 0 aliphatic rings. The van der Waals surface area contributed by atoms with Gasteiger partial charge < -0.3 is 9.52 Å². The highest BCUT2D eigenvalue weighted by molar-refractivity contribution is 5.36. The third kappa shape index (κ3) is 1.95. The fraction of sp³-hybridized carbons (Fsp3) is 0.231. The predicted molar refractivity (Wildman–Crippen MR) is 58.7 cm³/mol. The van der Waals surface area contributed by atoms with Crippen molar-refractivity contribution in [1.29, 1.82) is 0 Å². The highest BCUT2D eigenvalue weighted by atomic mass is 16.3. The van der Waals surface area contributed by atoms with Gasteiger partial charge in [-0.3, -0.25) is 0 Å². The first-order valence-electron chi connectivity index (χ1n) is 4.96. The first-order chi connectivity index (χ1) is 7.18. The normalized spacial score (nSPS) is 12.7. The van der Waals surface area contributed by atoms with Crippen molar-refractivity contribution >= 4 is 0 Å². The number of furan rings is 1. The number of aliphatic hydroxyl groups excluding tert-OH is 1. The molecule has 0 aliphatic heterocycles. The van der Waals surface area contributed by atoms with Gasteiger partial charge in [-0.2, -0.15) is 0 Å². The molecule has 1 aromatic heterocycles. The molecule has 2 heteroatoms. The van der Waals surface area contributed by atoms with Crippen LogP contribution in [0.5, 0.6) is 0 Å². The van der Waals surface area contributed by atoms with Crippen molar-refractivity contribution in [2.75, 3.05) is 0 Å². The van der Waals surface area contributed by atoms with Crippen LogP contribution >= 0.6 is 0 Å². The standard InChI is InChI=1S/C13H14O2/c1-9-3-4-10(2)12(7-9)13(14)11-5-6-15-8-11/h3-8,13-14H,1-2H3. The molecule has 78 valence electrons. The molecule has 0 fully saturated rings. The van der Waals surface area contributed by atoms with Crippen LogP contribution in [0.25, 0.3) is 0 Å². The number of rotatable bonds is 2. The molecule has 2 aromatic rings. The molecule has 1 heterocycles. The van der Waals surface area contributed by atoms with Gasteiger partial charge in [0, 0.05) is 5.56 Å². The van der Waals surface area contributed by atoms with Crippen LogP contribution < -0.4 is 0 Å². The molecule has 2 rings (SSSR count). The Balaban J connectivity index is 2.41. The lowest BCUT2D eigenvalue weighted by Crippen LogP contribution is -2.01. The molecule has 1 aromatic carbocycles. The summed E-state index contributed by atoms with van der Waals surface area (Å²) in [5, 5.41) is 10.1. The van der Waals surface area contributed by atoms with Gasteiger partial charge >= 0.3 is 0 Å². The van der Waals surface area contributed by atoms with Crippen LogP contribution in [0.3, 0.4) is 0 Å². The minimum Gasteiger partial charge on any atom is -0.472 e. The summed E-state index contributed by atoms with van der Waals surface area (Å²) in [6.45, 7) is 4.02. The van der Waals surface area contributed by atoms with E-state index in [2.05, 4.69) is 0 Å². The van der Waals surface area contributed by atoms with Crippen LogP contribution in [0, 0.1) is 13.8 Å². The summed E-state index contributed by atoms with van der Waals surface area (Å²) in [5.41, 5.74) is 3.98. The Morgan fingerprint density at radius 2 is 2.00 bits per heavy atom. The first kappa shape index (κ1) is 9.99. The predicted octanol–water partition coefficient (Wildman–Crippen LogP) is 2.98. The van der Waals surface area contributed by atoms with Crippen LogP contribution in [0.4, 0.5) is 0 Å². The third-order valence-electron chi connectivity index (χ3n) is 2.59. The number of hydrogen-bond donors (Lipinski definition) is 1. The second-order valence-electron chi connectivity index (χ2n) is 3.82. The topological polar surface area (TPSA) is 33.4 Å². The van der Waals surface area contributed by atoms with Gasteiger partial charge in [0.1, 0.15) is 6.10 Å². The van der Waals surface area contributed by atoms with E-state index in [1.807, 2.05) is 32.0 Å². The number of aryl methyl sites for hydroxylation is 2. The lowest BCUT2D eigenvalue weighted by molar-refractivity contribution is 0.218. The zero-order chi connectivity index (χ0) is 10.8. The van der Waals surface area contributed by atoms with Crippen molar-refractivity contribution in [1.82, 2.24) is 0 Å². The second-order valence-corrected chi connectivity index (χ2v) is 3.82. The van der Waals surface area contributed by atoms with Crippen molar-refractivity contribution in [3.63, 3.8) is 0 Å². The second kappa shape index (κ2) is 3.91. The molecule has 0 radical (unpaired) electrons. The van der Waals surface area contributed by atoms with E-state index >= 15 is 0 Å². The van der Waals surface area contributed by atoms with Gasteiger partial charge in [0.15, 0.2) is 0 Å². The van der Waals surface area contributed by atoms with Crippen molar-refractivity contribution < 1.29 is 9.52 Å². The summed E-state index contributed by atoms with van der Waals surface area (Å²) >= 11 is 0. The molecule has 0 spiro atoms. The summed E-state index contributed by atoms with van der Waals surface area (Å²) in [7, 11) is 0. The van der Waals surface area contributed by atoms with Gasteiger partial charge in [0.2, 0.25) is 0 Å². The Morgan fingerprint density at radius 3 is 2.67 bits per heavy atom. The van der Waals surface area contributed by atoms with E-state index in [-0.39, 0.29) is 0 Å². The molecule has 0 bridgehead atoms. The molecular formula is C13H14O2. The minimum atomic E-state index is -0.594. The number of aliphatic hydroxyl groups is 1. The maximum absolute atomic E-state index is 10.1. The summed E-state index contributed by atoms with van der Waals surface area (Å²) < 4.78 is 4.97. The minimum absolute atomic E-state index is 0.594. The summed E-state index contributed by atoms with van der Waals surface area (Å²) in [6, 6.07) is 7.86. The highest BCUT2D eigenvalue weighted by Crippen LogP contribution is 2.25. The van der Waals surface area contributed by atoms with Crippen molar-refractivity contribution in [3.8, 4) is 0 Å². The van der Waals surface area contributed by atoms with Gasteiger partial charge in [-0.1, -0.05) is 23.8 Å². The average Bonchev–Trinajstić information content (AvgIpc) is 2.74. The molecule has 0 saturated heterocycles. The molecule has 15 heavy (non-hydrogen) atoms. The molecule has 1 unspecified atom stereocenters. The Bertz CT molecular complexity index is 444. The fourth-order valence-corrected chi connectivity index (χ4v) is 1.66. The number of benzene rings is 1. The number of hydrogen-bond acceptors (Lipinski definition) is 2. The molecule has 2 nitrogen and oxygen atoms in total. The SMILES string of the molecule is Cc1ccc(C)c(C(O)c2ccoc2)c1. The summed E-state index contributed by atoms with van der Waals surface area (Å²) in [4.78, 5) is 0. The lowest BCUT2D eigenvalue weighted by atomic mass is 9.97. The van der Waals surface area contributed by atoms with E-state index in [0.29, 0.717) is 0 Å². The van der Waals surface area contributed by atoms with Gasteiger partial charge in [0.05, 0.1) is 12.5 Å². The van der Waals surface area contributed by atoms with Gasteiger partial charge in [-0.15, -0.1) is 0 Å². The zero-order valence-electron chi connectivity index (χ0n) is 8.90. The average molecular weight is 202 g/mol. The van der Waals surface area contributed by atoms with Crippen molar-refractivity contribution in [2.24, 2.45) is 0 Å². The van der Waals surface area contributed by atoms with E-state index in [4.69, 9.17) is 4.42 Å². The van der Waals surface area contributed by atoms with Crippen molar-refractivity contribution in [2.45, 2.75) is 20.0 Å². The van der Waals surface area contributed by atoms with E-state index in [9.17, 15) is 5.11 Å². The lowest BCUT2D eigenvalue weighted by Gasteiger charge is -2.12. The zero-order valence-corrected chi connectivity index (χ0v) is 8.90. The van der Waals surface area contributed by atoms with E-state index < -0.39 is 6.10 Å². The van der Waals surface area contributed by atoms with Crippen LogP contribution in [-0.2, 0) is 0 Å². The molecule has 0 saturated carbocycles. The summed E-state index contributed by atoms with van der Waals surface area (Å²) in [6.07, 6.45) is 2.56. The third-order valence-corrected chi connectivity index (χ3v) is 2.59. The molecular weight excluding hydrogens is 188 g/mol. The first-order valence-corrected chi connectivity index (χ1v) is 4.96. The van der Waals surface area contributed by atoms with Crippen molar-refractivity contribution in [3.05, 3.63) is 59.0 Å². The van der Waals surface area contributed by atoms with Gasteiger partial charge in [0.25, 0.3) is 0 Å². The molecule has 1 atom stereocenters. The Kier molecular flexibility index (Phi) is 2.60. The van der Waals surface area contributed by atoms with Crippen LogP contribution in [-0.4, -0.2) is 5.11 Å². The Labute approximate surface area is 89.2 Å². The quantitative estimate of drug-likeness (QED) is 0.812. The monoisotopic (exact) mass is 202 g/mol. The Hall–Kier alpha value is -1.54. The maximum atomic E-state index is 10.1. The molecule has 0 amide bonds. The van der Waals surface area contributed by atoms with Gasteiger partial charge in [-0.25, -0.2) is 0 Å². The van der Waals surface area contributed by atoms with Gasteiger partial charge in [-0.05, 0) is 31.0 Å². The smallest absolute Gasteiger partial charge is 0.107 e. The fourth-order valence-electron chi connectivity index (χ4n) is 1.66. The van der Waals surface area contributed by atoms with E-state index in [1.165, 1.54) is 0 Å². The van der Waals surface area contributed by atoms with Crippen LogP contribution in [0.2, 0.25) is 0 Å². The molecule has 1 N–H and O–H groups in total. The van der Waals surface area contributed by atoms with E-state index in [1.54, 1.807) is 18.6 Å².